The molecule has 2 aromatic rings. The van der Waals surface area contributed by atoms with Gasteiger partial charge in [-0.15, -0.1) is 0 Å². The number of nitrogens with zero attached hydrogens (tertiary/aromatic N) is 1. The molecule has 0 atom stereocenters. The SMILES string of the molecule is COc1c(C)cc(C(=O)Nc2c(O)nc([S-])[nH]c2=O)cc1C.[Na+]. The van der Waals surface area contributed by atoms with Crippen molar-refractivity contribution in [2.24, 2.45) is 0 Å². The maximum atomic E-state index is 12.2. The Hall–Kier alpha value is -1.61. The maximum Gasteiger partial charge on any atom is 1.00 e. The standard InChI is InChI=1S/C14H15N3O4S.Na/c1-6-4-8(5-7(2)10(6)21-3)11(18)15-9-12(19)16-14(22)17-13(9)20;/h4-5H,1-3H3,(H,15,18)(H3,16,17,19,20,22);/q;+1/p-1. The predicted octanol–water partition coefficient (Wildman–Crippen LogP) is -1.74. The summed E-state index contributed by atoms with van der Waals surface area (Å²) in [6.45, 7) is 3.61. The first-order valence-corrected chi connectivity index (χ1v) is 6.71. The van der Waals surface area contributed by atoms with Gasteiger partial charge in [-0.2, -0.15) is 0 Å². The van der Waals surface area contributed by atoms with Crippen molar-refractivity contribution in [2.75, 3.05) is 12.4 Å². The Labute approximate surface area is 160 Å². The number of methoxy groups -OCH3 is 1. The molecule has 23 heavy (non-hydrogen) atoms. The minimum atomic E-state index is -0.715. The number of amides is 1. The van der Waals surface area contributed by atoms with Crippen molar-refractivity contribution in [3.63, 3.8) is 0 Å². The van der Waals surface area contributed by atoms with Crippen LogP contribution in [-0.2, 0) is 12.6 Å². The number of anilines is 1. The number of benzene rings is 1. The van der Waals surface area contributed by atoms with Crippen molar-refractivity contribution in [1.82, 2.24) is 9.97 Å². The Kier molecular flexibility index (Phi) is 6.57. The second-order valence-corrected chi connectivity index (χ2v) is 5.05. The fourth-order valence-electron chi connectivity index (χ4n) is 2.14. The molecule has 3 N–H and O–H groups in total. The molecule has 1 aromatic carbocycles. The summed E-state index contributed by atoms with van der Waals surface area (Å²) in [7, 11) is 1.55. The molecular formula is C14H14N3NaO4S. The van der Waals surface area contributed by atoms with E-state index in [4.69, 9.17) is 4.74 Å². The number of aromatic amines is 1. The molecule has 1 aromatic heterocycles. The van der Waals surface area contributed by atoms with Crippen LogP contribution in [0.4, 0.5) is 5.69 Å². The summed E-state index contributed by atoms with van der Waals surface area (Å²) in [6, 6.07) is 3.25. The molecule has 2 rings (SSSR count). The van der Waals surface area contributed by atoms with E-state index in [1.165, 1.54) is 0 Å². The second-order valence-electron chi connectivity index (χ2n) is 4.67. The number of aromatic hydroxyl groups is 1. The molecule has 1 heterocycles. The molecule has 0 spiro atoms. The average Bonchev–Trinajstić information content (AvgIpc) is 2.42. The van der Waals surface area contributed by atoms with E-state index < -0.39 is 17.3 Å². The largest absolute Gasteiger partial charge is 1.00 e. The van der Waals surface area contributed by atoms with E-state index in [2.05, 4.69) is 27.9 Å². The Balaban J connectivity index is 0.00000264. The molecule has 0 saturated carbocycles. The third-order valence-electron chi connectivity index (χ3n) is 3.04. The summed E-state index contributed by atoms with van der Waals surface area (Å²) in [5.41, 5.74) is 0.837. The molecule has 0 bridgehead atoms. The van der Waals surface area contributed by atoms with Gasteiger partial charge in [-0.1, -0.05) is 0 Å². The van der Waals surface area contributed by atoms with Crippen LogP contribution in [0.25, 0.3) is 0 Å². The van der Waals surface area contributed by atoms with Gasteiger partial charge in [0.25, 0.3) is 11.5 Å². The second kappa shape index (κ2) is 7.78. The maximum absolute atomic E-state index is 12.2. The number of rotatable bonds is 3. The van der Waals surface area contributed by atoms with Gasteiger partial charge in [0.1, 0.15) is 5.75 Å². The smallest absolute Gasteiger partial charge is 0.742 e. The summed E-state index contributed by atoms with van der Waals surface area (Å²) >= 11 is 4.66. The summed E-state index contributed by atoms with van der Waals surface area (Å²) < 4.78 is 5.23. The topological polar surface area (TPSA) is 104 Å². The molecule has 1 amide bonds. The number of nitrogens with one attached hydrogen (secondary N) is 2. The summed E-state index contributed by atoms with van der Waals surface area (Å²) in [4.78, 5) is 29.7. The number of carbonyl (C=O) groups is 1. The van der Waals surface area contributed by atoms with Crippen LogP contribution in [-0.4, -0.2) is 28.1 Å². The molecule has 0 saturated heterocycles. The van der Waals surface area contributed by atoms with Gasteiger partial charge in [0.05, 0.1) is 7.11 Å². The van der Waals surface area contributed by atoms with E-state index >= 15 is 0 Å². The Morgan fingerprint density at radius 2 is 1.91 bits per heavy atom. The average molecular weight is 343 g/mol. The Morgan fingerprint density at radius 3 is 2.39 bits per heavy atom. The number of carbonyl (C=O) groups excluding carboxylic acids is 1. The van der Waals surface area contributed by atoms with E-state index in [9.17, 15) is 14.7 Å². The third kappa shape index (κ3) is 4.23. The number of aromatic nitrogens is 2. The van der Waals surface area contributed by atoms with Crippen LogP contribution in [0, 0.1) is 13.8 Å². The van der Waals surface area contributed by atoms with Crippen LogP contribution in [0.5, 0.6) is 11.6 Å². The predicted molar refractivity (Wildman–Crippen MR) is 82.6 cm³/mol. The third-order valence-corrected chi connectivity index (χ3v) is 3.24. The molecule has 0 fully saturated rings. The van der Waals surface area contributed by atoms with Gasteiger partial charge >= 0.3 is 29.6 Å². The molecular weight excluding hydrogens is 329 g/mol. The minimum absolute atomic E-state index is 0. The van der Waals surface area contributed by atoms with Gasteiger partial charge in [0.2, 0.25) is 5.88 Å². The van der Waals surface area contributed by atoms with Gasteiger partial charge in [-0.3, -0.25) is 9.59 Å². The monoisotopic (exact) mass is 343 g/mol. The summed E-state index contributed by atoms with van der Waals surface area (Å²) in [6.07, 6.45) is 0. The zero-order valence-corrected chi connectivity index (χ0v) is 16.0. The van der Waals surface area contributed by atoms with E-state index in [0.717, 1.165) is 11.1 Å². The van der Waals surface area contributed by atoms with E-state index in [0.29, 0.717) is 11.3 Å². The number of ether oxygens (including phenoxy) is 1. The normalized spacial score (nSPS) is 9.87. The molecule has 9 heteroatoms. The Morgan fingerprint density at radius 1 is 1.35 bits per heavy atom. The van der Waals surface area contributed by atoms with Gasteiger partial charge in [0, 0.05) is 5.56 Å². The van der Waals surface area contributed by atoms with Crippen LogP contribution in [0.1, 0.15) is 21.5 Å². The number of hydrogen-bond donors (Lipinski definition) is 3. The fraction of sp³-hybridized carbons (Fsp3) is 0.214. The van der Waals surface area contributed by atoms with E-state index in [1.54, 1.807) is 33.1 Å². The van der Waals surface area contributed by atoms with Crippen molar-refractivity contribution in [1.29, 1.82) is 0 Å². The van der Waals surface area contributed by atoms with E-state index in [1.807, 2.05) is 0 Å². The van der Waals surface area contributed by atoms with Crippen LogP contribution >= 0.6 is 0 Å². The number of H-pyrrole nitrogens is 1. The molecule has 0 unspecified atom stereocenters. The Bertz CT molecular complexity index is 784. The zero-order chi connectivity index (χ0) is 16.4. The summed E-state index contributed by atoms with van der Waals surface area (Å²) in [5, 5.41) is 11.8. The fourth-order valence-corrected chi connectivity index (χ4v) is 2.32. The zero-order valence-electron chi connectivity index (χ0n) is 13.2. The number of hydrogen-bond acceptors (Lipinski definition) is 6. The van der Waals surface area contributed by atoms with Gasteiger partial charge in [-0.25, -0.2) is 4.98 Å². The molecule has 0 aliphatic heterocycles. The van der Waals surface area contributed by atoms with Gasteiger partial charge in [0.15, 0.2) is 5.69 Å². The van der Waals surface area contributed by atoms with Crippen LogP contribution < -0.4 is 45.2 Å². The van der Waals surface area contributed by atoms with Crippen molar-refractivity contribution < 1.29 is 44.2 Å². The first-order valence-electron chi connectivity index (χ1n) is 6.30. The first kappa shape index (κ1) is 19.4. The van der Waals surface area contributed by atoms with Gasteiger partial charge in [-0.05, 0) is 42.3 Å². The van der Waals surface area contributed by atoms with Crippen LogP contribution in [0.3, 0.4) is 0 Å². The molecule has 0 radical (unpaired) electrons. The van der Waals surface area contributed by atoms with Crippen molar-refractivity contribution in [3.05, 3.63) is 39.2 Å². The first-order chi connectivity index (χ1) is 10.3. The van der Waals surface area contributed by atoms with Crippen molar-refractivity contribution in [3.8, 4) is 11.6 Å². The van der Waals surface area contributed by atoms with Crippen LogP contribution in [0.2, 0.25) is 0 Å². The number of aryl methyl sites for hydroxylation is 2. The molecule has 0 aliphatic carbocycles. The summed E-state index contributed by atoms with van der Waals surface area (Å²) in [5.74, 6) is -0.480. The quantitative estimate of drug-likeness (QED) is 0.347. The van der Waals surface area contributed by atoms with Crippen LogP contribution in [0.15, 0.2) is 22.1 Å². The van der Waals surface area contributed by atoms with Crippen molar-refractivity contribution >= 4 is 24.2 Å². The molecule has 0 aliphatic rings. The van der Waals surface area contributed by atoms with Gasteiger partial charge < -0.3 is 32.8 Å². The van der Waals surface area contributed by atoms with Crippen molar-refractivity contribution in [2.45, 2.75) is 19.0 Å². The van der Waals surface area contributed by atoms with E-state index in [-0.39, 0.29) is 40.4 Å². The minimum Gasteiger partial charge on any atom is -0.742 e. The molecule has 7 nitrogen and oxygen atoms in total. The molecule has 116 valence electrons.